The Morgan fingerprint density at radius 2 is 1.57 bits per heavy atom. The molecule has 5 aromatic rings. The number of nitrogens with zero attached hydrogens (tertiary/aromatic N) is 4. The number of aromatic nitrogens is 4. The van der Waals surface area contributed by atoms with Gasteiger partial charge in [-0.25, -0.2) is 9.07 Å². The van der Waals surface area contributed by atoms with Crippen molar-refractivity contribution in [2.75, 3.05) is 11.9 Å². The second-order valence-corrected chi connectivity index (χ2v) is 15.4. The van der Waals surface area contributed by atoms with Gasteiger partial charge in [0.1, 0.15) is 35.9 Å². The van der Waals surface area contributed by atoms with Gasteiger partial charge >= 0.3 is 0 Å². The summed E-state index contributed by atoms with van der Waals surface area (Å²) in [5, 5.41) is 68.9. The van der Waals surface area contributed by atoms with E-state index in [2.05, 4.69) is 26.3 Å². The molecule has 0 bridgehead atoms. The maximum atomic E-state index is 14.3. The molecule has 8 N–H and O–H groups in total. The third kappa shape index (κ3) is 10.7. The molecule has 3 aromatic carbocycles. The molecule has 3 heterocycles. The number of aliphatic hydroxyl groups is 5. The number of hydrogen-bond acceptors (Lipinski definition) is 11. The smallest absolute Gasteiger partial charge is 0.258 e. The van der Waals surface area contributed by atoms with Crippen LogP contribution in [-0.4, -0.2) is 106 Å². The zero-order valence-electron chi connectivity index (χ0n) is 34.1. The summed E-state index contributed by atoms with van der Waals surface area (Å²) in [4.78, 5) is 39.1. The molecule has 0 spiro atoms. The maximum absolute atomic E-state index is 14.3. The Bertz CT molecular complexity index is 2250. The highest BCUT2D eigenvalue weighted by Crippen LogP contribution is 2.43. The summed E-state index contributed by atoms with van der Waals surface area (Å²) in [6.45, 7) is 4.68. The van der Waals surface area contributed by atoms with E-state index < -0.39 is 67.0 Å². The van der Waals surface area contributed by atoms with Gasteiger partial charge in [-0.3, -0.25) is 14.4 Å². The number of rotatable bonds is 17. The van der Waals surface area contributed by atoms with Crippen LogP contribution in [0.15, 0.2) is 91.1 Å². The van der Waals surface area contributed by atoms with Crippen LogP contribution in [0, 0.1) is 5.82 Å². The van der Waals surface area contributed by atoms with E-state index in [9.17, 15) is 44.3 Å². The summed E-state index contributed by atoms with van der Waals surface area (Å²) < 4.78 is 23.2. The first-order valence-corrected chi connectivity index (χ1v) is 20.1. The van der Waals surface area contributed by atoms with Gasteiger partial charge in [-0.1, -0.05) is 67.6 Å². The minimum absolute atomic E-state index is 0.109. The Labute approximate surface area is 352 Å². The fourth-order valence-electron chi connectivity index (χ4n) is 7.71. The molecule has 2 aromatic heterocycles. The summed E-state index contributed by atoms with van der Waals surface area (Å²) in [6, 6.07) is 23.5. The SMILES string of the molecule is CC(=O)N[C@@H]1[C@@H](O)[C@@H](O)[C@@H](CO)O[C@H]1n1cc(CNC(=O)C[C@H](O)C[C@H](O)CCn2c(-c3ccc(F)cc3)c(-c3ccccc3)c(C(=O)Nc3ccccc3)c2C(C)C)nn1. The molecule has 0 radical (unpaired) electrons. The minimum Gasteiger partial charge on any atom is -0.394 e. The van der Waals surface area contributed by atoms with Gasteiger partial charge in [-0.05, 0) is 66.3 Å². The van der Waals surface area contributed by atoms with Crippen LogP contribution in [0.5, 0.6) is 0 Å². The fourth-order valence-corrected chi connectivity index (χ4v) is 7.71. The lowest BCUT2D eigenvalue weighted by Crippen LogP contribution is -2.62. The van der Waals surface area contributed by atoms with Crippen LogP contribution >= 0.6 is 0 Å². The highest BCUT2D eigenvalue weighted by molar-refractivity contribution is 6.12. The Kier molecular flexibility index (Phi) is 14.8. The number of carbonyl (C=O) groups excluding carboxylic acids is 3. The lowest BCUT2D eigenvalue weighted by molar-refractivity contribution is -0.219. The molecule has 0 saturated carbocycles. The van der Waals surface area contributed by atoms with E-state index in [1.807, 2.05) is 66.9 Å². The molecule has 1 fully saturated rings. The van der Waals surface area contributed by atoms with Gasteiger partial charge in [0, 0.05) is 30.4 Å². The molecule has 17 heteroatoms. The molecule has 3 amide bonds. The van der Waals surface area contributed by atoms with Crippen LogP contribution in [0.1, 0.15) is 73.9 Å². The maximum Gasteiger partial charge on any atom is 0.258 e. The summed E-state index contributed by atoms with van der Waals surface area (Å²) in [5.74, 6) is -1.96. The molecule has 6 rings (SSSR count). The lowest BCUT2D eigenvalue weighted by Gasteiger charge is -2.42. The zero-order chi connectivity index (χ0) is 43.8. The molecule has 1 aliphatic heterocycles. The van der Waals surface area contributed by atoms with Crippen molar-refractivity contribution >= 4 is 23.4 Å². The third-order valence-corrected chi connectivity index (χ3v) is 10.5. The third-order valence-electron chi connectivity index (χ3n) is 10.5. The van der Waals surface area contributed by atoms with E-state index >= 15 is 0 Å². The van der Waals surface area contributed by atoms with Gasteiger partial charge in [-0.15, -0.1) is 5.10 Å². The second-order valence-electron chi connectivity index (χ2n) is 15.4. The first-order valence-electron chi connectivity index (χ1n) is 20.1. The first-order chi connectivity index (χ1) is 29.2. The van der Waals surface area contributed by atoms with E-state index in [1.54, 1.807) is 24.3 Å². The normalized spacial score (nSPS) is 19.9. The largest absolute Gasteiger partial charge is 0.394 e. The number of halogens is 1. The van der Waals surface area contributed by atoms with Crippen molar-refractivity contribution in [2.24, 2.45) is 0 Å². The second kappa shape index (κ2) is 20.2. The Morgan fingerprint density at radius 1 is 0.902 bits per heavy atom. The standard InChI is InChI=1S/C44H52FN7O9/c1-25(2)39-37(43(60)48-30-12-8-5-9-13-30)36(27-10-6-4-7-11-27)40(28-14-16-29(45)17-15-28)51(39)19-18-32(55)20-33(56)21-35(57)46-22-31-23-52(50-49-31)44-38(47-26(3)54)42(59)41(58)34(24-53)61-44/h4-17,23,25,32-34,38,41-42,44,53,55-56,58-59H,18-22,24H2,1-3H3,(H,46,57)(H,47,54)(H,48,60)/t32-,33-,34-,38-,41+,42-,44-/m1/s1. The van der Waals surface area contributed by atoms with Crippen LogP contribution in [0.4, 0.5) is 10.1 Å². The molecule has 16 nitrogen and oxygen atoms in total. The average molecular weight is 842 g/mol. The predicted molar refractivity (Wildman–Crippen MR) is 222 cm³/mol. The summed E-state index contributed by atoms with van der Waals surface area (Å²) in [5.41, 5.74) is 4.79. The van der Waals surface area contributed by atoms with Crippen LogP contribution in [0.3, 0.4) is 0 Å². The molecule has 7 atom stereocenters. The van der Waals surface area contributed by atoms with Crippen molar-refractivity contribution in [2.45, 2.75) is 102 Å². The van der Waals surface area contributed by atoms with E-state index in [1.165, 1.54) is 29.9 Å². The topological polar surface area (TPSA) is 233 Å². The Morgan fingerprint density at radius 3 is 2.21 bits per heavy atom. The van der Waals surface area contributed by atoms with Gasteiger partial charge in [0.05, 0.1) is 49.2 Å². The molecular weight excluding hydrogens is 790 g/mol. The summed E-state index contributed by atoms with van der Waals surface area (Å²) in [7, 11) is 0. The molecule has 61 heavy (non-hydrogen) atoms. The molecule has 0 aliphatic carbocycles. The zero-order valence-corrected chi connectivity index (χ0v) is 34.1. The van der Waals surface area contributed by atoms with Crippen molar-refractivity contribution in [1.82, 2.24) is 30.2 Å². The first kappa shape index (κ1) is 44.7. The van der Waals surface area contributed by atoms with Crippen LogP contribution < -0.4 is 16.0 Å². The van der Waals surface area contributed by atoms with E-state index in [4.69, 9.17) is 4.74 Å². The van der Waals surface area contributed by atoms with Crippen molar-refractivity contribution in [3.05, 3.63) is 114 Å². The molecule has 1 aliphatic rings. The number of amides is 3. The van der Waals surface area contributed by atoms with Crippen LogP contribution in [0.25, 0.3) is 22.4 Å². The molecule has 1 saturated heterocycles. The van der Waals surface area contributed by atoms with Crippen molar-refractivity contribution in [1.29, 1.82) is 0 Å². The van der Waals surface area contributed by atoms with Crippen molar-refractivity contribution < 1.29 is 49.0 Å². The summed E-state index contributed by atoms with van der Waals surface area (Å²) in [6.07, 6.45) is -6.48. The summed E-state index contributed by atoms with van der Waals surface area (Å²) >= 11 is 0. The van der Waals surface area contributed by atoms with Crippen molar-refractivity contribution in [3.63, 3.8) is 0 Å². The number of para-hydroxylation sites is 1. The number of nitrogens with one attached hydrogen (secondary N) is 3. The van der Waals surface area contributed by atoms with Gasteiger partial charge in [0.2, 0.25) is 11.8 Å². The monoisotopic (exact) mass is 841 g/mol. The van der Waals surface area contributed by atoms with E-state index in [0.717, 1.165) is 5.56 Å². The number of hydrogen-bond donors (Lipinski definition) is 8. The molecule has 324 valence electrons. The van der Waals surface area contributed by atoms with Gasteiger partial charge in [0.25, 0.3) is 5.91 Å². The van der Waals surface area contributed by atoms with Crippen LogP contribution in [-0.2, 0) is 27.4 Å². The van der Waals surface area contributed by atoms with Gasteiger partial charge in [0.15, 0.2) is 6.23 Å². The highest BCUT2D eigenvalue weighted by Gasteiger charge is 2.46. The predicted octanol–water partition coefficient (Wildman–Crippen LogP) is 3.25. The Balaban J connectivity index is 1.16. The minimum atomic E-state index is -1.49. The van der Waals surface area contributed by atoms with E-state index in [0.29, 0.717) is 33.8 Å². The number of carbonyl (C=O) groups is 3. The average Bonchev–Trinajstić information content (AvgIpc) is 3.85. The highest BCUT2D eigenvalue weighted by atomic mass is 19.1. The molecular formula is C44H52FN7O9. The number of benzene rings is 3. The van der Waals surface area contributed by atoms with Gasteiger partial charge < -0.3 is 50.8 Å². The number of anilines is 1. The quantitative estimate of drug-likeness (QED) is 0.0677. The number of ether oxygens (including phenoxy) is 1. The lowest BCUT2D eigenvalue weighted by atomic mass is 9.94. The van der Waals surface area contributed by atoms with E-state index in [-0.39, 0.29) is 49.9 Å². The molecule has 0 unspecified atom stereocenters. The van der Waals surface area contributed by atoms with Crippen LogP contribution in [0.2, 0.25) is 0 Å². The fraction of sp³-hybridized carbons (Fsp3) is 0.386. The Hall–Kier alpha value is -5.82. The number of aliphatic hydroxyl groups excluding tert-OH is 5. The van der Waals surface area contributed by atoms with Gasteiger partial charge in [-0.2, -0.15) is 0 Å². The van der Waals surface area contributed by atoms with Crippen molar-refractivity contribution in [3.8, 4) is 22.4 Å².